The Labute approximate surface area is 83.6 Å². The van der Waals surface area contributed by atoms with Crippen LogP contribution in [-0.4, -0.2) is 17.9 Å². The third-order valence-electron chi connectivity index (χ3n) is 1.97. The molecular weight excluding hydrogens is 200 g/mol. The maximum Gasteiger partial charge on any atom is 0.256 e. The lowest BCUT2D eigenvalue weighted by Crippen LogP contribution is -2.25. The fraction of sp³-hybridized carbons (Fsp3) is 0.111. The number of aromatic nitrogens is 1. The number of carbonyl (C=O) groups is 1. The predicted octanol–water partition coefficient (Wildman–Crippen LogP) is 0.949. The molecule has 0 aromatic carbocycles. The second kappa shape index (κ2) is 3.26. The van der Waals surface area contributed by atoms with E-state index in [0.717, 1.165) is 4.83 Å². The normalized spacial score (nSPS) is 10.4. The van der Waals surface area contributed by atoms with Crippen molar-refractivity contribution in [2.75, 3.05) is 7.05 Å². The van der Waals surface area contributed by atoms with Gasteiger partial charge in [0.2, 0.25) is 5.43 Å². The fourth-order valence-corrected chi connectivity index (χ4v) is 2.01. The molecular formula is C9H8N2O2S. The number of thiophene rings is 1. The zero-order chi connectivity index (χ0) is 10.1. The summed E-state index contributed by atoms with van der Waals surface area (Å²) in [4.78, 5) is 26.7. The van der Waals surface area contributed by atoms with Gasteiger partial charge in [-0.2, -0.15) is 0 Å². The Morgan fingerprint density at radius 2 is 2.36 bits per heavy atom. The number of nitrogens with one attached hydrogen (secondary N) is 2. The number of carbonyl (C=O) groups excluding carboxylic acids is 1. The van der Waals surface area contributed by atoms with Crippen LogP contribution in [0.3, 0.4) is 0 Å². The average molecular weight is 208 g/mol. The van der Waals surface area contributed by atoms with Crippen molar-refractivity contribution in [1.82, 2.24) is 10.3 Å². The van der Waals surface area contributed by atoms with Crippen LogP contribution < -0.4 is 10.7 Å². The smallest absolute Gasteiger partial charge is 0.256 e. The Morgan fingerprint density at radius 3 is 3.07 bits per heavy atom. The summed E-state index contributed by atoms with van der Waals surface area (Å²) in [5, 5.41) is 4.80. The minimum atomic E-state index is -0.362. The molecule has 2 aromatic heterocycles. The Kier molecular flexibility index (Phi) is 2.09. The molecule has 2 rings (SSSR count). The van der Waals surface area contributed by atoms with E-state index in [2.05, 4.69) is 10.3 Å². The Morgan fingerprint density at radius 1 is 1.57 bits per heavy atom. The van der Waals surface area contributed by atoms with Crippen LogP contribution in [0.5, 0.6) is 0 Å². The lowest BCUT2D eigenvalue weighted by molar-refractivity contribution is 0.0962. The van der Waals surface area contributed by atoms with Gasteiger partial charge in [-0.3, -0.25) is 9.59 Å². The van der Waals surface area contributed by atoms with E-state index in [1.54, 1.807) is 6.07 Å². The minimum Gasteiger partial charge on any atom is -0.355 e. The highest BCUT2D eigenvalue weighted by molar-refractivity contribution is 7.16. The molecule has 0 aliphatic heterocycles. The second-order valence-corrected chi connectivity index (χ2v) is 3.69. The van der Waals surface area contributed by atoms with E-state index in [4.69, 9.17) is 0 Å². The van der Waals surface area contributed by atoms with Crippen LogP contribution >= 0.6 is 11.3 Å². The molecule has 0 aliphatic rings. The first-order valence-corrected chi connectivity index (χ1v) is 4.93. The maximum absolute atomic E-state index is 11.7. The largest absolute Gasteiger partial charge is 0.355 e. The molecule has 4 nitrogen and oxygen atoms in total. The summed E-state index contributed by atoms with van der Waals surface area (Å²) in [6.45, 7) is 0. The number of H-pyrrole nitrogens is 1. The van der Waals surface area contributed by atoms with E-state index >= 15 is 0 Å². The molecule has 2 aromatic rings. The fourth-order valence-electron chi connectivity index (χ4n) is 1.25. The Bertz CT molecular complexity index is 541. The van der Waals surface area contributed by atoms with E-state index in [0.29, 0.717) is 5.39 Å². The molecule has 0 atom stereocenters. The predicted molar refractivity (Wildman–Crippen MR) is 55.8 cm³/mol. The van der Waals surface area contributed by atoms with Crippen molar-refractivity contribution in [3.8, 4) is 0 Å². The van der Waals surface area contributed by atoms with Crippen molar-refractivity contribution < 1.29 is 4.79 Å². The molecule has 72 valence electrons. The molecule has 0 spiro atoms. The molecule has 14 heavy (non-hydrogen) atoms. The highest BCUT2D eigenvalue weighted by Gasteiger charge is 2.11. The van der Waals surface area contributed by atoms with Crippen LogP contribution in [0.4, 0.5) is 0 Å². The summed E-state index contributed by atoms with van der Waals surface area (Å²) in [5.74, 6) is -0.362. The summed E-state index contributed by atoms with van der Waals surface area (Å²) >= 11 is 1.44. The summed E-state index contributed by atoms with van der Waals surface area (Å²) in [6.07, 6.45) is 1.44. The van der Waals surface area contributed by atoms with E-state index < -0.39 is 0 Å². The van der Waals surface area contributed by atoms with Gasteiger partial charge in [0, 0.05) is 13.2 Å². The van der Waals surface area contributed by atoms with Crippen molar-refractivity contribution in [3.05, 3.63) is 33.4 Å². The van der Waals surface area contributed by atoms with Gasteiger partial charge >= 0.3 is 0 Å². The highest BCUT2D eigenvalue weighted by atomic mass is 32.1. The summed E-state index contributed by atoms with van der Waals surface area (Å²) in [6, 6.07) is 1.71. The molecule has 0 fully saturated rings. The standard InChI is InChI=1S/C9H8N2O2S/c1-10-8(13)6-4-11-9-5(7(6)12)2-3-14-9/h2-4H,1H3,(H,10,13)(H,11,12). The number of hydrogen-bond donors (Lipinski definition) is 2. The minimum absolute atomic E-state index is 0.151. The summed E-state index contributed by atoms with van der Waals surface area (Å²) in [5.41, 5.74) is -0.0715. The molecule has 0 aliphatic carbocycles. The van der Waals surface area contributed by atoms with Gasteiger partial charge < -0.3 is 10.3 Å². The number of fused-ring (bicyclic) bond motifs is 1. The van der Waals surface area contributed by atoms with Crippen LogP contribution in [0.2, 0.25) is 0 Å². The monoisotopic (exact) mass is 208 g/mol. The van der Waals surface area contributed by atoms with E-state index in [1.165, 1.54) is 24.6 Å². The van der Waals surface area contributed by atoms with E-state index in [-0.39, 0.29) is 16.9 Å². The van der Waals surface area contributed by atoms with Crippen LogP contribution in [0.15, 0.2) is 22.4 Å². The quantitative estimate of drug-likeness (QED) is 0.733. The van der Waals surface area contributed by atoms with Crippen molar-refractivity contribution in [1.29, 1.82) is 0 Å². The maximum atomic E-state index is 11.7. The van der Waals surface area contributed by atoms with Gasteiger partial charge in [-0.1, -0.05) is 0 Å². The second-order valence-electron chi connectivity index (χ2n) is 2.77. The topological polar surface area (TPSA) is 62.0 Å². The third kappa shape index (κ3) is 1.22. The first-order valence-electron chi connectivity index (χ1n) is 4.05. The van der Waals surface area contributed by atoms with Gasteiger partial charge in [0.1, 0.15) is 10.4 Å². The molecule has 0 saturated carbocycles. The third-order valence-corrected chi connectivity index (χ3v) is 2.82. The lowest BCUT2D eigenvalue weighted by Gasteiger charge is -1.98. The van der Waals surface area contributed by atoms with Gasteiger partial charge in [-0.25, -0.2) is 0 Å². The van der Waals surface area contributed by atoms with Crippen molar-refractivity contribution in [3.63, 3.8) is 0 Å². The molecule has 2 N–H and O–H groups in total. The van der Waals surface area contributed by atoms with Crippen molar-refractivity contribution in [2.24, 2.45) is 0 Å². The zero-order valence-electron chi connectivity index (χ0n) is 7.46. The van der Waals surface area contributed by atoms with E-state index in [9.17, 15) is 9.59 Å². The van der Waals surface area contributed by atoms with Gasteiger partial charge in [0.15, 0.2) is 0 Å². The lowest BCUT2D eigenvalue weighted by atomic mass is 10.2. The number of rotatable bonds is 1. The Hall–Kier alpha value is -1.62. The molecule has 0 radical (unpaired) electrons. The van der Waals surface area contributed by atoms with Gasteiger partial charge in [-0.05, 0) is 11.4 Å². The molecule has 2 heterocycles. The molecule has 0 bridgehead atoms. The van der Waals surface area contributed by atoms with Gasteiger partial charge in [-0.15, -0.1) is 11.3 Å². The number of aromatic amines is 1. The van der Waals surface area contributed by atoms with Gasteiger partial charge in [0.25, 0.3) is 5.91 Å². The first kappa shape index (κ1) is 8.96. The molecule has 0 saturated heterocycles. The first-order chi connectivity index (χ1) is 6.74. The van der Waals surface area contributed by atoms with E-state index in [1.807, 2.05) is 5.38 Å². The molecule has 5 heteroatoms. The van der Waals surface area contributed by atoms with Crippen molar-refractivity contribution in [2.45, 2.75) is 0 Å². The highest BCUT2D eigenvalue weighted by Crippen LogP contribution is 2.14. The number of pyridine rings is 1. The van der Waals surface area contributed by atoms with Crippen LogP contribution in [0.25, 0.3) is 10.2 Å². The summed E-state index contributed by atoms with van der Waals surface area (Å²) in [7, 11) is 1.50. The number of hydrogen-bond acceptors (Lipinski definition) is 3. The average Bonchev–Trinajstić information content (AvgIpc) is 2.66. The van der Waals surface area contributed by atoms with Gasteiger partial charge in [0.05, 0.1) is 5.39 Å². The summed E-state index contributed by atoms with van der Waals surface area (Å²) < 4.78 is 0. The SMILES string of the molecule is CNC(=O)c1c[nH]c2sccc2c1=O. The van der Waals surface area contributed by atoms with Crippen LogP contribution in [-0.2, 0) is 0 Å². The van der Waals surface area contributed by atoms with Crippen LogP contribution in [0, 0.1) is 0 Å². The van der Waals surface area contributed by atoms with Crippen molar-refractivity contribution >= 4 is 27.5 Å². The molecule has 0 unspecified atom stereocenters. The number of amides is 1. The Balaban J connectivity index is 2.74. The zero-order valence-corrected chi connectivity index (χ0v) is 8.27. The molecule has 1 amide bonds. The van der Waals surface area contributed by atoms with Crippen LogP contribution in [0.1, 0.15) is 10.4 Å².